The Labute approximate surface area is 148 Å². The Hall–Kier alpha value is -2.04. The van der Waals surface area contributed by atoms with Crippen molar-refractivity contribution in [2.45, 2.75) is 0 Å². The van der Waals surface area contributed by atoms with Gasteiger partial charge >= 0.3 is 0 Å². The van der Waals surface area contributed by atoms with Crippen molar-refractivity contribution in [1.29, 1.82) is 0 Å². The summed E-state index contributed by atoms with van der Waals surface area (Å²) in [6.07, 6.45) is 0. The van der Waals surface area contributed by atoms with Gasteiger partial charge in [0, 0.05) is 16.3 Å². The van der Waals surface area contributed by atoms with E-state index in [-0.39, 0.29) is 0 Å². The first-order chi connectivity index (χ1) is 11.5. The van der Waals surface area contributed by atoms with E-state index in [0.717, 1.165) is 64.1 Å². The van der Waals surface area contributed by atoms with Crippen LogP contribution in [0.4, 0.5) is 17.1 Å². The van der Waals surface area contributed by atoms with E-state index in [2.05, 4.69) is 36.4 Å². The fourth-order valence-corrected chi connectivity index (χ4v) is 3.44. The molecule has 2 aliphatic rings. The van der Waals surface area contributed by atoms with Gasteiger partial charge in [0.15, 0.2) is 0 Å². The van der Waals surface area contributed by atoms with Gasteiger partial charge in [-0.2, -0.15) is 0 Å². The number of para-hydroxylation sites is 2. The maximum Gasteiger partial charge on any atom is 0.139 e. The molecule has 0 bridgehead atoms. The summed E-state index contributed by atoms with van der Waals surface area (Å²) in [7, 11) is 4.57. The first kappa shape index (κ1) is 15.5. The van der Waals surface area contributed by atoms with Gasteiger partial charge in [-0.15, -0.1) is 0 Å². The molecule has 0 aromatic heterocycles. The van der Waals surface area contributed by atoms with Crippen molar-refractivity contribution in [1.82, 2.24) is 4.90 Å². The molecule has 2 heterocycles. The van der Waals surface area contributed by atoms with Crippen LogP contribution in [0.1, 0.15) is 5.56 Å². The number of aliphatic imine (C=N–C) groups is 1. The number of hydrogen-bond acceptors (Lipinski definition) is 3. The fraction of sp³-hybridized carbons (Fsp3) is 0.316. The molecule has 2 aromatic carbocycles. The maximum absolute atomic E-state index is 6.29. The van der Waals surface area contributed by atoms with E-state index in [1.54, 1.807) is 0 Å². The second-order valence-electron chi connectivity index (χ2n) is 7.14. The second-order valence-corrected chi connectivity index (χ2v) is 7.57. The van der Waals surface area contributed by atoms with Gasteiger partial charge in [0.05, 0.1) is 51.6 Å². The summed E-state index contributed by atoms with van der Waals surface area (Å²) in [4.78, 5) is 7.40. The average molecular weight is 342 g/mol. The van der Waals surface area contributed by atoms with Crippen molar-refractivity contribution in [3.8, 4) is 0 Å². The van der Waals surface area contributed by atoms with Crippen LogP contribution in [0.15, 0.2) is 47.5 Å². The van der Waals surface area contributed by atoms with Crippen LogP contribution in [0, 0.1) is 0 Å². The molecular weight excluding hydrogens is 320 g/mol. The number of quaternary nitrogens is 1. The zero-order valence-corrected chi connectivity index (χ0v) is 14.8. The van der Waals surface area contributed by atoms with Crippen molar-refractivity contribution in [2.75, 3.05) is 45.6 Å². The number of hydrogen-bond donors (Lipinski definition) is 1. The van der Waals surface area contributed by atoms with Gasteiger partial charge in [-0.1, -0.05) is 23.7 Å². The lowest BCUT2D eigenvalue weighted by Gasteiger charge is -2.40. The molecule has 0 aliphatic carbocycles. The Morgan fingerprint density at radius 1 is 1.04 bits per heavy atom. The average Bonchev–Trinajstić information content (AvgIpc) is 2.71. The van der Waals surface area contributed by atoms with Crippen LogP contribution < -0.4 is 5.32 Å². The summed E-state index contributed by atoms with van der Waals surface area (Å²) in [5.74, 6) is 1.02. The van der Waals surface area contributed by atoms with E-state index in [1.165, 1.54) is 0 Å². The molecule has 0 spiro atoms. The number of benzene rings is 2. The summed E-state index contributed by atoms with van der Waals surface area (Å²) in [6.45, 7) is 4.23. The van der Waals surface area contributed by atoms with E-state index < -0.39 is 0 Å². The monoisotopic (exact) mass is 341 g/mol. The molecule has 0 saturated carbocycles. The van der Waals surface area contributed by atoms with E-state index in [4.69, 9.17) is 16.6 Å². The third-order valence-electron chi connectivity index (χ3n) is 4.87. The first-order valence-electron chi connectivity index (χ1n) is 8.33. The number of fused-ring (bicyclic) bond motifs is 2. The molecule has 0 amide bonds. The molecule has 24 heavy (non-hydrogen) atoms. The predicted octanol–water partition coefficient (Wildman–Crippen LogP) is 3.87. The summed E-state index contributed by atoms with van der Waals surface area (Å²) in [5.41, 5.74) is 4.14. The standard InChI is InChI=1S/C19H22ClN4/c1-24(2)11-9-23(10-12-24)19-15-13-14(20)7-8-16(15)21-17-5-3-4-6-18(17)22-19/h3-8,13,21H,9-12H2,1-2H3/q+1. The lowest BCUT2D eigenvalue weighted by atomic mass is 10.1. The largest absolute Gasteiger partial charge is 0.353 e. The van der Waals surface area contributed by atoms with Gasteiger partial charge in [-0.05, 0) is 30.3 Å². The summed E-state index contributed by atoms with van der Waals surface area (Å²) < 4.78 is 1.06. The highest BCUT2D eigenvalue weighted by atomic mass is 35.5. The Morgan fingerprint density at radius 2 is 1.79 bits per heavy atom. The molecule has 0 radical (unpaired) electrons. The summed E-state index contributed by atoms with van der Waals surface area (Å²) in [5, 5.41) is 4.25. The Kier molecular flexibility index (Phi) is 3.74. The smallest absolute Gasteiger partial charge is 0.139 e. The van der Waals surface area contributed by atoms with Gasteiger partial charge < -0.3 is 14.7 Å². The number of nitrogens with zero attached hydrogens (tertiary/aromatic N) is 3. The van der Waals surface area contributed by atoms with Gasteiger partial charge in [-0.25, -0.2) is 4.99 Å². The number of nitrogens with one attached hydrogen (secondary N) is 1. The molecule has 1 fully saturated rings. The minimum absolute atomic E-state index is 0.738. The third-order valence-corrected chi connectivity index (χ3v) is 5.11. The van der Waals surface area contributed by atoms with Crippen molar-refractivity contribution >= 4 is 34.5 Å². The lowest BCUT2D eigenvalue weighted by molar-refractivity contribution is -0.894. The summed E-state index contributed by atoms with van der Waals surface area (Å²) >= 11 is 6.29. The van der Waals surface area contributed by atoms with Crippen molar-refractivity contribution < 1.29 is 4.48 Å². The molecule has 1 N–H and O–H groups in total. The second kappa shape index (κ2) is 5.80. The highest BCUT2D eigenvalue weighted by Gasteiger charge is 2.29. The van der Waals surface area contributed by atoms with Crippen LogP contribution >= 0.6 is 11.6 Å². The van der Waals surface area contributed by atoms with Crippen LogP contribution in [-0.2, 0) is 0 Å². The van der Waals surface area contributed by atoms with Crippen LogP contribution in [0.25, 0.3) is 0 Å². The van der Waals surface area contributed by atoms with Crippen LogP contribution in [0.5, 0.6) is 0 Å². The van der Waals surface area contributed by atoms with E-state index >= 15 is 0 Å². The Bertz CT molecular complexity index is 803. The lowest BCUT2D eigenvalue weighted by Crippen LogP contribution is -2.56. The Balaban J connectivity index is 1.81. The van der Waals surface area contributed by atoms with E-state index in [9.17, 15) is 0 Å². The SMILES string of the molecule is C[N+]1(C)CCN(C2=Nc3ccccc3Nc3ccc(Cl)cc32)CC1. The zero-order chi connectivity index (χ0) is 16.7. The highest BCUT2D eigenvalue weighted by molar-refractivity contribution is 6.31. The molecular formula is C19H22ClN4+. The van der Waals surface area contributed by atoms with Gasteiger partial charge in [0.2, 0.25) is 0 Å². The molecule has 0 unspecified atom stereocenters. The van der Waals surface area contributed by atoms with E-state index in [0.29, 0.717) is 0 Å². The molecule has 5 heteroatoms. The minimum atomic E-state index is 0.738. The molecule has 2 aliphatic heterocycles. The number of rotatable bonds is 0. The summed E-state index contributed by atoms with van der Waals surface area (Å²) in [6, 6.07) is 14.2. The Morgan fingerprint density at radius 3 is 2.58 bits per heavy atom. The number of anilines is 2. The minimum Gasteiger partial charge on any atom is -0.353 e. The quantitative estimate of drug-likeness (QED) is 0.737. The number of piperazine rings is 1. The predicted molar refractivity (Wildman–Crippen MR) is 101 cm³/mol. The van der Waals surface area contributed by atoms with Crippen molar-refractivity contribution in [3.63, 3.8) is 0 Å². The van der Waals surface area contributed by atoms with Gasteiger partial charge in [0.25, 0.3) is 0 Å². The fourth-order valence-electron chi connectivity index (χ4n) is 3.27. The van der Waals surface area contributed by atoms with Gasteiger partial charge in [-0.3, -0.25) is 0 Å². The molecule has 2 aromatic rings. The highest BCUT2D eigenvalue weighted by Crippen LogP contribution is 2.35. The van der Waals surface area contributed by atoms with Crippen LogP contribution in [-0.4, -0.2) is 55.5 Å². The number of likely N-dealkylation sites (N-methyl/N-ethyl adjacent to an activating group) is 1. The van der Waals surface area contributed by atoms with Gasteiger partial charge in [0.1, 0.15) is 5.84 Å². The molecule has 124 valence electrons. The molecule has 4 rings (SSSR count). The van der Waals surface area contributed by atoms with Crippen molar-refractivity contribution in [3.05, 3.63) is 53.1 Å². The number of halogens is 1. The molecule has 4 nitrogen and oxygen atoms in total. The first-order valence-corrected chi connectivity index (χ1v) is 8.71. The third kappa shape index (κ3) is 2.87. The molecule has 1 saturated heterocycles. The van der Waals surface area contributed by atoms with Crippen molar-refractivity contribution in [2.24, 2.45) is 4.99 Å². The van der Waals surface area contributed by atoms with E-state index in [1.807, 2.05) is 30.3 Å². The topological polar surface area (TPSA) is 27.6 Å². The number of amidine groups is 1. The normalized spacial score (nSPS) is 18.8. The van der Waals surface area contributed by atoms with Crippen LogP contribution in [0.3, 0.4) is 0 Å². The zero-order valence-electron chi connectivity index (χ0n) is 14.1. The molecule has 0 atom stereocenters. The van der Waals surface area contributed by atoms with Crippen LogP contribution in [0.2, 0.25) is 5.02 Å². The maximum atomic E-state index is 6.29.